The number of carbonyl (C=O) groups is 3. The van der Waals surface area contributed by atoms with Crippen molar-refractivity contribution in [1.29, 1.82) is 0 Å². The van der Waals surface area contributed by atoms with Gasteiger partial charge in [-0.3, -0.25) is 14.4 Å². The molecule has 0 bridgehead atoms. The van der Waals surface area contributed by atoms with Gasteiger partial charge in [-0.05, 0) is 103 Å². The highest BCUT2D eigenvalue weighted by Gasteiger charge is 2.19. The number of rotatable bonds is 49. The normalized spacial score (nSPS) is 13.0. The average Bonchev–Trinajstić information content (AvgIpc) is 3.35. The lowest BCUT2D eigenvalue weighted by atomic mass is 10.0. The lowest BCUT2D eigenvalue weighted by molar-refractivity contribution is -0.167. The summed E-state index contributed by atoms with van der Waals surface area (Å²) in [7, 11) is 0. The fraction of sp³-hybridized carbons (Fsp3) is 0.635. The van der Waals surface area contributed by atoms with E-state index in [4.69, 9.17) is 14.2 Å². The van der Waals surface area contributed by atoms with E-state index in [0.29, 0.717) is 19.3 Å². The Kier molecular flexibility index (Phi) is 53.0. The average molecular weight is 956 g/mol. The Morgan fingerprint density at radius 1 is 0.304 bits per heavy atom. The molecule has 6 heteroatoms. The fourth-order valence-electron chi connectivity index (χ4n) is 7.33. The Hall–Kier alpha value is -4.19. The Balaban J connectivity index is 4.54. The maximum atomic E-state index is 12.8. The van der Waals surface area contributed by atoms with Crippen LogP contribution in [-0.4, -0.2) is 37.2 Å². The minimum absolute atomic E-state index is 0.114. The summed E-state index contributed by atoms with van der Waals surface area (Å²) in [4.78, 5) is 38.1. The van der Waals surface area contributed by atoms with Gasteiger partial charge in [0.15, 0.2) is 6.10 Å². The van der Waals surface area contributed by atoms with Crippen molar-refractivity contribution >= 4 is 17.9 Å². The van der Waals surface area contributed by atoms with E-state index >= 15 is 0 Å². The van der Waals surface area contributed by atoms with Gasteiger partial charge in [0.2, 0.25) is 0 Å². The summed E-state index contributed by atoms with van der Waals surface area (Å²) in [6.45, 7) is 6.33. The summed E-state index contributed by atoms with van der Waals surface area (Å²) >= 11 is 0. The second-order valence-corrected chi connectivity index (χ2v) is 18.1. The highest BCUT2D eigenvalue weighted by Crippen LogP contribution is 2.15. The summed E-state index contributed by atoms with van der Waals surface area (Å²) in [5.74, 6) is -1.00. The van der Waals surface area contributed by atoms with Gasteiger partial charge in [0.25, 0.3) is 0 Å². The Labute approximate surface area is 424 Å². The first kappa shape index (κ1) is 64.8. The molecule has 390 valence electrons. The second kappa shape index (κ2) is 56.4. The molecule has 0 amide bonds. The van der Waals surface area contributed by atoms with E-state index in [1.54, 1.807) is 0 Å². The van der Waals surface area contributed by atoms with E-state index in [1.807, 2.05) is 0 Å². The van der Waals surface area contributed by atoms with Crippen molar-refractivity contribution in [2.75, 3.05) is 13.2 Å². The highest BCUT2D eigenvalue weighted by molar-refractivity contribution is 5.71. The summed E-state index contributed by atoms with van der Waals surface area (Å²) in [5, 5.41) is 0. The molecule has 0 aliphatic rings. The molecule has 0 spiro atoms. The SMILES string of the molecule is CC/C=C\C/C=C\C/C=C\C/C=C\C/C=C\CCCCCC(=O)OC[C@H](COC(=O)CCC/C=C\C/C=C\C/C=C\C/C=C\C/C=C\CC)OC(=O)CCCCCCCCCCCCCCCCC. The first-order chi connectivity index (χ1) is 34.0. The van der Waals surface area contributed by atoms with Crippen LogP contribution < -0.4 is 0 Å². The highest BCUT2D eigenvalue weighted by atomic mass is 16.6. The quantitative estimate of drug-likeness (QED) is 0.0262. The molecule has 0 aromatic carbocycles. The van der Waals surface area contributed by atoms with E-state index in [2.05, 4.69) is 142 Å². The summed E-state index contributed by atoms with van der Waals surface area (Å²) in [6.07, 6.45) is 77.6. The van der Waals surface area contributed by atoms with Gasteiger partial charge in [-0.1, -0.05) is 239 Å². The maximum absolute atomic E-state index is 12.8. The van der Waals surface area contributed by atoms with Crippen molar-refractivity contribution in [3.63, 3.8) is 0 Å². The lowest BCUT2D eigenvalue weighted by Crippen LogP contribution is -2.30. The van der Waals surface area contributed by atoms with Gasteiger partial charge in [0, 0.05) is 19.3 Å². The van der Waals surface area contributed by atoms with Crippen LogP contribution in [0.25, 0.3) is 0 Å². The zero-order valence-electron chi connectivity index (χ0n) is 44.5. The van der Waals surface area contributed by atoms with E-state index in [1.165, 1.54) is 77.0 Å². The molecule has 0 radical (unpaired) electrons. The standard InChI is InChI=1S/C63H102O6/c1-4-7-10-13-16-19-22-25-28-30-31-33-36-38-41-44-47-50-53-56-62(65)68-59-60(69-63(66)57-54-51-48-45-42-39-34-27-24-21-18-15-12-9-6-3)58-67-61(64)55-52-49-46-43-40-37-35-32-29-26-23-20-17-14-11-8-5-2/h7-8,10-11,16-17,19-20,25-26,28-29,31,33,35,37-38,41,43,46,60H,4-6,9,12-15,18,21-24,27,30,32,34,36,39-40,42,44-45,47-59H2,1-3H3/b10-7-,11-8-,19-16-,20-17-,28-25-,29-26-,33-31-,37-35-,41-38-,46-43-/t60-/m0/s1. The molecule has 69 heavy (non-hydrogen) atoms. The van der Waals surface area contributed by atoms with Gasteiger partial charge in [-0.25, -0.2) is 0 Å². The van der Waals surface area contributed by atoms with Crippen LogP contribution in [0.2, 0.25) is 0 Å². The molecular formula is C63H102O6. The molecular weight excluding hydrogens is 853 g/mol. The number of ether oxygens (including phenoxy) is 3. The summed E-state index contributed by atoms with van der Waals surface area (Å²) in [5.41, 5.74) is 0. The maximum Gasteiger partial charge on any atom is 0.306 e. The topological polar surface area (TPSA) is 78.9 Å². The molecule has 0 saturated heterocycles. The number of hydrogen-bond donors (Lipinski definition) is 0. The zero-order chi connectivity index (χ0) is 50.0. The number of carbonyl (C=O) groups excluding carboxylic acids is 3. The fourth-order valence-corrected chi connectivity index (χ4v) is 7.33. The van der Waals surface area contributed by atoms with E-state index in [-0.39, 0.29) is 37.5 Å². The van der Waals surface area contributed by atoms with Crippen LogP contribution in [-0.2, 0) is 28.6 Å². The Morgan fingerprint density at radius 3 is 0.942 bits per heavy atom. The minimum atomic E-state index is -0.817. The van der Waals surface area contributed by atoms with Gasteiger partial charge < -0.3 is 14.2 Å². The zero-order valence-corrected chi connectivity index (χ0v) is 44.5. The number of allylic oxidation sites excluding steroid dienone is 20. The Bertz CT molecular complexity index is 1470. The van der Waals surface area contributed by atoms with Crippen LogP contribution in [0.3, 0.4) is 0 Å². The van der Waals surface area contributed by atoms with Crippen molar-refractivity contribution in [1.82, 2.24) is 0 Å². The van der Waals surface area contributed by atoms with E-state index < -0.39 is 6.10 Å². The van der Waals surface area contributed by atoms with E-state index in [9.17, 15) is 14.4 Å². The molecule has 0 aromatic rings. The van der Waals surface area contributed by atoms with E-state index in [0.717, 1.165) is 116 Å². The number of hydrogen-bond acceptors (Lipinski definition) is 6. The first-order valence-corrected chi connectivity index (χ1v) is 28.0. The largest absolute Gasteiger partial charge is 0.462 e. The molecule has 0 aliphatic heterocycles. The minimum Gasteiger partial charge on any atom is -0.462 e. The molecule has 0 rings (SSSR count). The molecule has 0 unspecified atom stereocenters. The summed E-state index contributed by atoms with van der Waals surface area (Å²) in [6, 6.07) is 0. The molecule has 0 N–H and O–H groups in total. The molecule has 0 aliphatic carbocycles. The van der Waals surface area contributed by atoms with Crippen molar-refractivity contribution in [3.05, 3.63) is 122 Å². The Morgan fingerprint density at radius 2 is 0.580 bits per heavy atom. The molecule has 0 heterocycles. The lowest BCUT2D eigenvalue weighted by Gasteiger charge is -2.18. The smallest absolute Gasteiger partial charge is 0.306 e. The van der Waals surface area contributed by atoms with Gasteiger partial charge in [0.05, 0.1) is 0 Å². The third-order valence-corrected chi connectivity index (χ3v) is 11.5. The molecule has 0 aromatic heterocycles. The van der Waals surface area contributed by atoms with Crippen LogP contribution in [0, 0.1) is 0 Å². The molecule has 6 nitrogen and oxygen atoms in total. The molecule has 1 atom stereocenters. The van der Waals surface area contributed by atoms with Crippen LogP contribution in [0.4, 0.5) is 0 Å². The van der Waals surface area contributed by atoms with Crippen molar-refractivity contribution < 1.29 is 28.6 Å². The molecule has 0 saturated carbocycles. The monoisotopic (exact) mass is 955 g/mol. The van der Waals surface area contributed by atoms with Gasteiger partial charge in [0.1, 0.15) is 13.2 Å². The van der Waals surface area contributed by atoms with Crippen LogP contribution >= 0.6 is 0 Å². The van der Waals surface area contributed by atoms with Gasteiger partial charge >= 0.3 is 17.9 Å². The number of unbranched alkanes of at least 4 members (excludes halogenated alkanes) is 18. The first-order valence-electron chi connectivity index (χ1n) is 28.0. The van der Waals surface area contributed by atoms with Gasteiger partial charge in [-0.15, -0.1) is 0 Å². The number of esters is 3. The van der Waals surface area contributed by atoms with Gasteiger partial charge in [-0.2, -0.15) is 0 Å². The van der Waals surface area contributed by atoms with Crippen LogP contribution in [0.5, 0.6) is 0 Å². The third kappa shape index (κ3) is 54.6. The van der Waals surface area contributed by atoms with Crippen molar-refractivity contribution in [2.45, 2.75) is 245 Å². The van der Waals surface area contributed by atoms with Crippen LogP contribution in [0.15, 0.2) is 122 Å². The predicted molar refractivity (Wildman–Crippen MR) is 297 cm³/mol. The second-order valence-electron chi connectivity index (χ2n) is 18.1. The molecule has 0 fully saturated rings. The summed E-state index contributed by atoms with van der Waals surface area (Å²) < 4.78 is 16.8. The van der Waals surface area contributed by atoms with Crippen LogP contribution in [0.1, 0.15) is 239 Å². The predicted octanol–water partition coefficient (Wildman–Crippen LogP) is 18.9. The van der Waals surface area contributed by atoms with Crippen molar-refractivity contribution in [2.24, 2.45) is 0 Å². The third-order valence-electron chi connectivity index (χ3n) is 11.5. The van der Waals surface area contributed by atoms with Crippen molar-refractivity contribution in [3.8, 4) is 0 Å².